The number of anilines is 1. The molecule has 4 heteroatoms. The zero-order chi connectivity index (χ0) is 12.5. The van der Waals surface area contributed by atoms with Crippen LogP contribution in [0.25, 0.3) is 10.9 Å². The van der Waals surface area contributed by atoms with Gasteiger partial charge in [-0.15, -0.1) is 0 Å². The number of aromatic amines is 1. The molecule has 0 saturated carbocycles. The van der Waals surface area contributed by atoms with Crippen LogP contribution in [0.3, 0.4) is 0 Å². The molecule has 0 spiro atoms. The summed E-state index contributed by atoms with van der Waals surface area (Å²) < 4.78 is 0. The summed E-state index contributed by atoms with van der Waals surface area (Å²) in [5, 5.41) is 2.22. The van der Waals surface area contributed by atoms with Crippen molar-refractivity contribution in [1.29, 1.82) is 0 Å². The van der Waals surface area contributed by atoms with Crippen molar-refractivity contribution >= 4 is 23.0 Å². The fourth-order valence-electron chi connectivity index (χ4n) is 1.66. The molecule has 0 saturated heterocycles. The summed E-state index contributed by atoms with van der Waals surface area (Å²) in [5.74, 6) is 0. The van der Waals surface area contributed by atoms with Gasteiger partial charge in [0.25, 0.3) is 0 Å². The Morgan fingerprint density at radius 2 is 2.00 bits per heavy atom. The number of benzene rings is 1. The Balaban J connectivity index is 2.40. The predicted octanol–water partition coefficient (Wildman–Crippen LogP) is 2.86. The molecule has 1 heterocycles. The molecule has 0 radical (unpaired) electrons. The van der Waals surface area contributed by atoms with Crippen LogP contribution in [-0.4, -0.2) is 17.0 Å². The van der Waals surface area contributed by atoms with Crippen LogP contribution >= 0.6 is 0 Å². The van der Waals surface area contributed by atoms with Crippen LogP contribution in [0.1, 0.15) is 20.8 Å². The Hall–Kier alpha value is -1.81. The van der Waals surface area contributed by atoms with Crippen LogP contribution in [-0.2, 0) is 9.63 Å². The number of fused-ring (bicyclic) bond motifs is 1. The highest BCUT2D eigenvalue weighted by molar-refractivity contribution is 5.96. The number of hydrogen-bond acceptors (Lipinski definition) is 2. The van der Waals surface area contributed by atoms with Gasteiger partial charge in [-0.25, -0.2) is 0 Å². The summed E-state index contributed by atoms with van der Waals surface area (Å²) in [6.45, 7) is 5.70. The first-order valence-electron chi connectivity index (χ1n) is 5.51. The fourth-order valence-corrected chi connectivity index (χ4v) is 1.66. The molecule has 1 aromatic heterocycles. The molecule has 2 aromatic rings. The number of hydroxylamine groups is 1. The summed E-state index contributed by atoms with van der Waals surface area (Å²) in [5.41, 5.74) is 1.29. The Labute approximate surface area is 100 Å². The highest BCUT2D eigenvalue weighted by Crippen LogP contribution is 2.27. The van der Waals surface area contributed by atoms with Crippen molar-refractivity contribution in [2.24, 2.45) is 0 Å². The van der Waals surface area contributed by atoms with E-state index < -0.39 is 5.60 Å². The molecule has 0 aliphatic heterocycles. The highest BCUT2D eigenvalue weighted by Gasteiger charge is 2.19. The lowest BCUT2D eigenvalue weighted by molar-refractivity contribution is -0.120. The second-order valence-electron chi connectivity index (χ2n) is 4.85. The van der Waals surface area contributed by atoms with Gasteiger partial charge in [0.15, 0.2) is 0 Å². The average molecular weight is 232 g/mol. The Morgan fingerprint density at radius 1 is 1.29 bits per heavy atom. The van der Waals surface area contributed by atoms with Crippen molar-refractivity contribution in [3.8, 4) is 0 Å². The van der Waals surface area contributed by atoms with Gasteiger partial charge in [0, 0.05) is 17.1 Å². The van der Waals surface area contributed by atoms with E-state index >= 15 is 0 Å². The quantitative estimate of drug-likeness (QED) is 0.653. The molecule has 90 valence electrons. The van der Waals surface area contributed by atoms with E-state index in [0.29, 0.717) is 6.41 Å². The van der Waals surface area contributed by atoms with Crippen molar-refractivity contribution < 1.29 is 9.63 Å². The molecule has 0 aliphatic carbocycles. The van der Waals surface area contributed by atoms with E-state index in [1.807, 2.05) is 45.0 Å². The van der Waals surface area contributed by atoms with Crippen LogP contribution in [0.5, 0.6) is 0 Å². The average Bonchev–Trinajstić information content (AvgIpc) is 2.68. The van der Waals surface area contributed by atoms with Gasteiger partial charge in [-0.3, -0.25) is 9.63 Å². The summed E-state index contributed by atoms with van der Waals surface area (Å²) >= 11 is 0. The van der Waals surface area contributed by atoms with Crippen molar-refractivity contribution in [3.63, 3.8) is 0 Å². The van der Waals surface area contributed by atoms with Crippen LogP contribution < -0.4 is 5.06 Å². The minimum Gasteiger partial charge on any atom is -0.359 e. The zero-order valence-electron chi connectivity index (χ0n) is 10.2. The Bertz CT molecular complexity index is 525. The molecule has 17 heavy (non-hydrogen) atoms. The van der Waals surface area contributed by atoms with E-state index in [2.05, 4.69) is 4.98 Å². The van der Waals surface area contributed by atoms with Gasteiger partial charge in [0.2, 0.25) is 6.41 Å². The molecule has 1 aromatic carbocycles. The minimum atomic E-state index is -0.417. The summed E-state index contributed by atoms with van der Waals surface area (Å²) in [6.07, 6.45) is 2.45. The minimum absolute atomic E-state index is 0.417. The number of H-pyrrole nitrogens is 1. The third-order valence-electron chi connectivity index (χ3n) is 2.27. The maximum absolute atomic E-state index is 11.1. The van der Waals surface area contributed by atoms with Crippen molar-refractivity contribution in [2.45, 2.75) is 26.4 Å². The fraction of sp³-hybridized carbons (Fsp3) is 0.308. The van der Waals surface area contributed by atoms with Crippen molar-refractivity contribution in [1.82, 2.24) is 4.98 Å². The lowest BCUT2D eigenvalue weighted by Crippen LogP contribution is -2.32. The molecule has 2 rings (SSSR count). The number of carbonyl (C=O) groups excluding carboxylic acids is 1. The second kappa shape index (κ2) is 4.22. The molecule has 0 atom stereocenters. The molecule has 1 amide bonds. The number of aromatic nitrogens is 1. The van der Waals surface area contributed by atoms with Gasteiger partial charge < -0.3 is 4.98 Å². The monoisotopic (exact) mass is 232 g/mol. The number of hydrogen-bond donors (Lipinski definition) is 1. The molecule has 0 bridgehead atoms. The smallest absolute Gasteiger partial charge is 0.238 e. The van der Waals surface area contributed by atoms with E-state index in [9.17, 15) is 4.79 Å². The third kappa shape index (κ3) is 2.47. The highest BCUT2D eigenvalue weighted by atomic mass is 16.7. The Kier molecular flexibility index (Phi) is 2.90. The Morgan fingerprint density at radius 3 is 2.65 bits per heavy atom. The lowest BCUT2D eigenvalue weighted by Gasteiger charge is -2.26. The van der Waals surface area contributed by atoms with Crippen LogP contribution in [0.2, 0.25) is 0 Å². The molecule has 1 N–H and O–H groups in total. The van der Waals surface area contributed by atoms with E-state index in [-0.39, 0.29) is 0 Å². The molecule has 4 nitrogen and oxygen atoms in total. The van der Waals surface area contributed by atoms with Crippen LogP contribution in [0.15, 0.2) is 30.5 Å². The van der Waals surface area contributed by atoms with E-state index in [1.54, 1.807) is 6.20 Å². The van der Waals surface area contributed by atoms with E-state index in [1.165, 1.54) is 5.06 Å². The first kappa shape index (κ1) is 11.7. The van der Waals surface area contributed by atoms with Gasteiger partial charge in [0.1, 0.15) is 0 Å². The van der Waals surface area contributed by atoms with Gasteiger partial charge >= 0.3 is 0 Å². The maximum Gasteiger partial charge on any atom is 0.238 e. The summed E-state index contributed by atoms with van der Waals surface area (Å²) in [6, 6.07) is 7.78. The second-order valence-corrected chi connectivity index (χ2v) is 4.85. The van der Waals surface area contributed by atoms with Crippen LogP contribution in [0.4, 0.5) is 5.69 Å². The molecule has 0 unspecified atom stereocenters. The predicted molar refractivity (Wildman–Crippen MR) is 67.7 cm³/mol. The van der Waals surface area contributed by atoms with Crippen molar-refractivity contribution in [3.05, 3.63) is 30.5 Å². The standard InChI is InChI=1S/C13H16N2O2/c1-13(2,3)17-15(9-16)12-8-14-11-7-5-4-6-10(11)12/h4-9,14H,1-3H3. The summed E-state index contributed by atoms with van der Waals surface area (Å²) in [7, 11) is 0. The summed E-state index contributed by atoms with van der Waals surface area (Å²) in [4.78, 5) is 19.8. The molecular formula is C13H16N2O2. The number of carbonyl (C=O) groups is 1. The zero-order valence-corrected chi connectivity index (χ0v) is 10.2. The van der Waals surface area contributed by atoms with Crippen LogP contribution in [0, 0.1) is 0 Å². The number of rotatable bonds is 3. The first-order valence-corrected chi connectivity index (χ1v) is 5.51. The number of amides is 1. The molecule has 0 fully saturated rings. The van der Waals surface area contributed by atoms with Gasteiger partial charge in [-0.2, -0.15) is 5.06 Å². The van der Waals surface area contributed by atoms with E-state index in [0.717, 1.165) is 16.6 Å². The lowest BCUT2D eigenvalue weighted by atomic mass is 10.2. The van der Waals surface area contributed by atoms with Gasteiger partial charge in [-0.1, -0.05) is 18.2 Å². The number of para-hydroxylation sites is 1. The van der Waals surface area contributed by atoms with E-state index in [4.69, 9.17) is 4.84 Å². The van der Waals surface area contributed by atoms with Gasteiger partial charge in [0.05, 0.1) is 11.3 Å². The number of nitrogens with zero attached hydrogens (tertiary/aromatic N) is 1. The third-order valence-corrected chi connectivity index (χ3v) is 2.27. The molecular weight excluding hydrogens is 216 g/mol. The normalized spacial score (nSPS) is 11.7. The van der Waals surface area contributed by atoms with Gasteiger partial charge in [-0.05, 0) is 26.8 Å². The first-order chi connectivity index (χ1) is 8.01. The maximum atomic E-state index is 11.1. The number of nitrogens with one attached hydrogen (secondary N) is 1. The van der Waals surface area contributed by atoms with Crippen molar-refractivity contribution in [2.75, 3.05) is 5.06 Å². The largest absolute Gasteiger partial charge is 0.359 e. The topological polar surface area (TPSA) is 45.3 Å². The SMILES string of the molecule is CC(C)(C)ON(C=O)c1c[nH]c2ccccc12. The molecule has 0 aliphatic rings.